The maximum atomic E-state index is 12.1. The molecule has 2 amide bonds. The highest BCUT2D eigenvalue weighted by Gasteiger charge is 2.36. The van der Waals surface area contributed by atoms with Crippen molar-refractivity contribution in [2.24, 2.45) is 5.92 Å². The third-order valence-electron chi connectivity index (χ3n) is 4.08. The first-order valence-electron chi connectivity index (χ1n) is 7.37. The van der Waals surface area contributed by atoms with Gasteiger partial charge >= 0.3 is 0 Å². The largest absolute Gasteiger partial charge is 0.353 e. The number of benzene rings is 1. The number of nitrogens with one attached hydrogen (secondary N) is 1. The molecule has 4 nitrogen and oxygen atoms in total. The fourth-order valence-electron chi connectivity index (χ4n) is 2.59. The van der Waals surface area contributed by atoms with Crippen LogP contribution in [-0.4, -0.2) is 24.4 Å². The van der Waals surface area contributed by atoms with Crippen molar-refractivity contribution in [1.29, 1.82) is 0 Å². The number of hydrogen-bond donors (Lipinski definition) is 1. The van der Waals surface area contributed by atoms with Gasteiger partial charge in [0.25, 0.3) is 0 Å². The summed E-state index contributed by atoms with van der Waals surface area (Å²) in [6, 6.07) is 8.38. The molecule has 1 aliphatic carbocycles. The molecule has 4 heteroatoms. The third-order valence-corrected chi connectivity index (χ3v) is 4.08. The molecular formula is C16H20N2O2. The van der Waals surface area contributed by atoms with Gasteiger partial charge in [0, 0.05) is 24.7 Å². The molecule has 0 radical (unpaired) electrons. The van der Waals surface area contributed by atoms with Crippen molar-refractivity contribution in [2.45, 2.75) is 38.6 Å². The van der Waals surface area contributed by atoms with Crippen LogP contribution in [0.4, 0.5) is 5.69 Å². The summed E-state index contributed by atoms with van der Waals surface area (Å²) in [6.07, 6.45) is 3.47. The Bertz CT molecular complexity index is 520. The van der Waals surface area contributed by atoms with Crippen LogP contribution in [0, 0.1) is 5.92 Å². The van der Waals surface area contributed by atoms with E-state index in [1.165, 1.54) is 5.56 Å². The van der Waals surface area contributed by atoms with Crippen LogP contribution in [-0.2, 0) is 16.0 Å². The van der Waals surface area contributed by atoms with Crippen LogP contribution in [0.15, 0.2) is 24.3 Å². The van der Waals surface area contributed by atoms with Gasteiger partial charge in [-0.2, -0.15) is 0 Å². The topological polar surface area (TPSA) is 49.4 Å². The van der Waals surface area contributed by atoms with Crippen LogP contribution < -0.4 is 10.2 Å². The smallest absolute Gasteiger partial charge is 0.227 e. The Labute approximate surface area is 119 Å². The van der Waals surface area contributed by atoms with E-state index < -0.39 is 0 Å². The second kappa shape index (κ2) is 5.27. The normalized spacial score (nSPS) is 22.1. The van der Waals surface area contributed by atoms with E-state index in [2.05, 4.69) is 12.2 Å². The summed E-state index contributed by atoms with van der Waals surface area (Å²) in [5, 5.41) is 2.99. The van der Waals surface area contributed by atoms with Crippen molar-refractivity contribution in [1.82, 2.24) is 5.32 Å². The average molecular weight is 272 g/mol. The Morgan fingerprint density at radius 1 is 1.30 bits per heavy atom. The van der Waals surface area contributed by atoms with Gasteiger partial charge in [0.05, 0.1) is 5.92 Å². The SMILES string of the molecule is CCc1ccc(N2C[C@@H](C(=O)NC3CC3)CC2=O)cc1. The second-order valence-electron chi connectivity index (χ2n) is 5.71. The fraction of sp³-hybridized carbons (Fsp3) is 0.500. The summed E-state index contributed by atoms with van der Waals surface area (Å²) in [7, 11) is 0. The molecule has 1 aromatic carbocycles. The molecule has 1 saturated carbocycles. The summed E-state index contributed by atoms with van der Waals surface area (Å²) in [6.45, 7) is 2.61. The van der Waals surface area contributed by atoms with E-state index in [1.54, 1.807) is 4.90 Å². The summed E-state index contributed by atoms with van der Waals surface area (Å²) < 4.78 is 0. The molecule has 20 heavy (non-hydrogen) atoms. The zero-order valence-electron chi connectivity index (χ0n) is 11.8. The van der Waals surface area contributed by atoms with Crippen molar-refractivity contribution in [3.8, 4) is 0 Å². The Kier molecular flexibility index (Phi) is 3.47. The number of anilines is 1. The summed E-state index contributed by atoms with van der Waals surface area (Å²) in [5.74, 6) is -0.118. The van der Waals surface area contributed by atoms with Crippen LogP contribution in [0.3, 0.4) is 0 Å². The minimum absolute atomic E-state index is 0.0357. The first-order chi connectivity index (χ1) is 9.67. The number of hydrogen-bond acceptors (Lipinski definition) is 2. The van der Waals surface area contributed by atoms with Crippen molar-refractivity contribution >= 4 is 17.5 Å². The standard InChI is InChI=1S/C16H20N2O2/c1-2-11-3-7-14(8-4-11)18-10-12(9-15(18)19)16(20)17-13-5-6-13/h3-4,7-8,12-13H,2,5-6,9-10H2,1H3,(H,17,20)/t12-/m0/s1. The molecule has 2 fully saturated rings. The number of amides is 2. The molecule has 0 bridgehead atoms. The lowest BCUT2D eigenvalue weighted by Gasteiger charge is -2.17. The van der Waals surface area contributed by atoms with Crippen LogP contribution in [0.1, 0.15) is 31.7 Å². The van der Waals surface area contributed by atoms with Gasteiger partial charge < -0.3 is 10.2 Å². The van der Waals surface area contributed by atoms with Crippen molar-refractivity contribution < 1.29 is 9.59 Å². The summed E-state index contributed by atoms with van der Waals surface area (Å²) in [5.41, 5.74) is 2.15. The van der Waals surface area contributed by atoms with Crippen LogP contribution in [0.5, 0.6) is 0 Å². The first kappa shape index (κ1) is 13.2. The highest BCUT2D eigenvalue weighted by atomic mass is 16.2. The monoisotopic (exact) mass is 272 g/mol. The van der Waals surface area contributed by atoms with Gasteiger partial charge in [-0.25, -0.2) is 0 Å². The molecule has 2 aliphatic rings. The minimum atomic E-state index is -0.200. The fourth-order valence-corrected chi connectivity index (χ4v) is 2.59. The van der Waals surface area contributed by atoms with E-state index in [9.17, 15) is 9.59 Å². The van der Waals surface area contributed by atoms with Gasteiger partial charge in [-0.1, -0.05) is 19.1 Å². The number of rotatable bonds is 4. The van der Waals surface area contributed by atoms with Crippen LogP contribution in [0.2, 0.25) is 0 Å². The summed E-state index contributed by atoms with van der Waals surface area (Å²) >= 11 is 0. The molecule has 1 heterocycles. The van der Waals surface area contributed by atoms with E-state index >= 15 is 0 Å². The lowest BCUT2D eigenvalue weighted by Crippen LogP contribution is -2.34. The van der Waals surface area contributed by atoms with E-state index in [-0.39, 0.29) is 17.7 Å². The minimum Gasteiger partial charge on any atom is -0.353 e. The molecular weight excluding hydrogens is 252 g/mol. The summed E-state index contributed by atoms with van der Waals surface area (Å²) in [4.78, 5) is 25.9. The van der Waals surface area contributed by atoms with Gasteiger partial charge in [0.15, 0.2) is 0 Å². The van der Waals surface area contributed by atoms with E-state index in [1.807, 2.05) is 24.3 Å². The highest BCUT2D eigenvalue weighted by Crippen LogP contribution is 2.27. The molecule has 1 aromatic rings. The Balaban J connectivity index is 1.67. The second-order valence-corrected chi connectivity index (χ2v) is 5.71. The van der Waals surface area contributed by atoms with Gasteiger partial charge in [-0.15, -0.1) is 0 Å². The van der Waals surface area contributed by atoms with Crippen molar-refractivity contribution in [2.75, 3.05) is 11.4 Å². The van der Waals surface area contributed by atoms with Crippen LogP contribution >= 0.6 is 0 Å². The molecule has 0 unspecified atom stereocenters. The van der Waals surface area contributed by atoms with Crippen molar-refractivity contribution in [3.05, 3.63) is 29.8 Å². The maximum Gasteiger partial charge on any atom is 0.227 e. The van der Waals surface area contributed by atoms with E-state index in [0.717, 1.165) is 24.9 Å². The zero-order valence-corrected chi connectivity index (χ0v) is 11.8. The Morgan fingerprint density at radius 3 is 2.60 bits per heavy atom. The molecule has 1 aliphatic heterocycles. The lowest BCUT2D eigenvalue weighted by molar-refractivity contribution is -0.126. The first-order valence-corrected chi connectivity index (χ1v) is 7.37. The highest BCUT2D eigenvalue weighted by molar-refractivity contribution is 6.00. The van der Waals surface area contributed by atoms with Gasteiger partial charge in [-0.05, 0) is 37.0 Å². The average Bonchev–Trinajstić information content (AvgIpc) is 3.19. The van der Waals surface area contributed by atoms with Gasteiger partial charge in [0.1, 0.15) is 0 Å². The van der Waals surface area contributed by atoms with Crippen molar-refractivity contribution in [3.63, 3.8) is 0 Å². The van der Waals surface area contributed by atoms with E-state index in [0.29, 0.717) is 19.0 Å². The number of carbonyl (C=O) groups is 2. The maximum absolute atomic E-state index is 12.1. The predicted octanol–water partition coefficient (Wildman–Crippen LogP) is 1.88. The lowest BCUT2D eigenvalue weighted by atomic mass is 10.1. The molecule has 106 valence electrons. The van der Waals surface area contributed by atoms with Crippen LogP contribution in [0.25, 0.3) is 0 Å². The number of carbonyl (C=O) groups excluding carboxylic acids is 2. The Morgan fingerprint density at radius 2 is 2.00 bits per heavy atom. The molecule has 0 spiro atoms. The number of nitrogens with zero attached hydrogens (tertiary/aromatic N) is 1. The molecule has 1 N–H and O–H groups in total. The van der Waals surface area contributed by atoms with Gasteiger partial charge in [0.2, 0.25) is 11.8 Å². The number of aryl methyl sites for hydroxylation is 1. The quantitative estimate of drug-likeness (QED) is 0.910. The molecule has 0 aromatic heterocycles. The Hall–Kier alpha value is -1.84. The predicted molar refractivity (Wildman–Crippen MR) is 77.4 cm³/mol. The van der Waals surface area contributed by atoms with Gasteiger partial charge in [-0.3, -0.25) is 9.59 Å². The third kappa shape index (κ3) is 2.69. The zero-order chi connectivity index (χ0) is 14.1. The molecule has 1 atom stereocenters. The van der Waals surface area contributed by atoms with E-state index in [4.69, 9.17) is 0 Å². The molecule has 1 saturated heterocycles. The molecule has 3 rings (SSSR count).